The summed E-state index contributed by atoms with van der Waals surface area (Å²) in [6.07, 6.45) is 1.00. The van der Waals surface area contributed by atoms with Crippen LogP contribution in [0.2, 0.25) is 0 Å². The lowest BCUT2D eigenvalue weighted by atomic mass is 10.2. The summed E-state index contributed by atoms with van der Waals surface area (Å²) in [5.74, 6) is 0.825. The lowest BCUT2D eigenvalue weighted by Gasteiger charge is -2.20. The highest BCUT2D eigenvalue weighted by Crippen LogP contribution is 2.26. The summed E-state index contributed by atoms with van der Waals surface area (Å²) in [7, 11) is 1.61. The van der Waals surface area contributed by atoms with E-state index in [9.17, 15) is 4.79 Å². The fourth-order valence-corrected chi connectivity index (χ4v) is 2.57. The second-order valence-electron chi connectivity index (χ2n) is 4.25. The smallest absolute Gasteiger partial charge is 0.253 e. The van der Waals surface area contributed by atoms with Crippen LogP contribution in [-0.2, 0) is 0 Å². The van der Waals surface area contributed by atoms with Gasteiger partial charge in [0.05, 0.1) is 11.6 Å². The molecule has 0 atom stereocenters. The van der Waals surface area contributed by atoms with Gasteiger partial charge in [-0.15, -0.1) is 0 Å². The van der Waals surface area contributed by atoms with Crippen molar-refractivity contribution < 1.29 is 9.53 Å². The van der Waals surface area contributed by atoms with Gasteiger partial charge in [0.15, 0.2) is 0 Å². The van der Waals surface area contributed by atoms with E-state index in [0.29, 0.717) is 5.56 Å². The maximum atomic E-state index is 12.3. The molecule has 5 heteroatoms. The van der Waals surface area contributed by atoms with Crippen LogP contribution in [0.25, 0.3) is 0 Å². The Morgan fingerprint density at radius 2 is 2.22 bits per heavy atom. The normalized spacial score (nSPS) is 16.2. The summed E-state index contributed by atoms with van der Waals surface area (Å²) < 4.78 is 5.97. The van der Waals surface area contributed by atoms with Crippen molar-refractivity contribution in [2.24, 2.45) is 0 Å². The number of nitrogens with zero attached hydrogens (tertiary/aromatic N) is 1. The zero-order valence-corrected chi connectivity index (χ0v) is 12.0. The number of carbonyl (C=O) groups is 1. The topological polar surface area (TPSA) is 41.6 Å². The number of ether oxygens (including phenoxy) is 1. The van der Waals surface area contributed by atoms with Crippen LogP contribution in [0.3, 0.4) is 0 Å². The lowest BCUT2D eigenvalue weighted by molar-refractivity contribution is 0.0766. The third-order valence-electron chi connectivity index (χ3n) is 3.03. The second-order valence-corrected chi connectivity index (χ2v) is 5.10. The zero-order valence-electron chi connectivity index (χ0n) is 10.4. The Morgan fingerprint density at radius 3 is 2.94 bits per heavy atom. The highest BCUT2D eigenvalue weighted by Gasteiger charge is 2.17. The largest absolute Gasteiger partial charge is 0.496 e. The fourth-order valence-electron chi connectivity index (χ4n) is 2.03. The predicted octanol–water partition coefficient (Wildman–Crippen LogP) is 1.89. The number of rotatable bonds is 2. The molecule has 4 nitrogen and oxygen atoms in total. The molecular formula is C13H17BrN2O2. The molecule has 1 amide bonds. The van der Waals surface area contributed by atoms with Gasteiger partial charge in [0.1, 0.15) is 5.75 Å². The van der Waals surface area contributed by atoms with Crippen molar-refractivity contribution in [3.05, 3.63) is 28.2 Å². The van der Waals surface area contributed by atoms with Crippen LogP contribution in [0.15, 0.2) is 22.7 Å². The molecule has 0 saturated carbocycles. The molecule has 1 aliphatic rings. The molecule has 2 rings (SSSR count). The van der Waals surface area contributed by atoms with Gasteiger partial charge >= 0.3 is 0 Å². The van der Waals surface area contributed by atoms with E-state index in [1.165, 1.54) is 0 Å². The predicted molar refractivity (Wildman–Crippen MR) is 74.1 cm³/mol. The minimum Gasteiger partial charge on any atom is -0.496 e. The van der Waals surface area contributed by atoms with E-state index in [2.05, 4.69) is 21.2 Å². The van der Waals surface area contributed by atoms with E-state index in [4.69, 9.17) is 4.74 Å². The van der Waals surface area contributed by atoms with Gasteiger partial charge in [-0.1, -0.05) is 0 Å². The molecule has 1 N–H and O–H groups in total. The summed E-state index contributed by atoms with van der Waals surface area (Å²) in [5, 5.41) is 3.29. The van der Waals surface area contributed by atoms with Crippen LogP contribution in [-0.4, -0.2) is 44.1 Å². The second kappa shape index (κ2) is 6.20. The lowest BCUT2D eigenvalue weighted by Crippen LogP contribution is -2.34. The molecule has 0 radical (unpaired) electrons. The van der Waals surface area contributed by atoms with Gasteiger partial charge in [-0.3, -0.25) is 4.79 Å². The minimum absolute atomic E-state index is 0.0852. The first kappa shape index (κ1) is 13.4. The molecule has 1 aromatic rings. The van der Waals surface area contributed by atoms with Gasteiger partial charge in [-0.2, -0.15) is 0 Å². The quantitative estimate of drug-likeness (QED) is 0.907. The first-order valence-corrected chi connectivity index (χ1v) is 6.85. The summed E-state index contributed by atoms with van der Waals surface area (Å²) in [4.78, 5) is 14.2. The molecule has 1 aromatic carbocycles. The van der Waals surface area contributed by atoms with Crippen LogP contribution in [0.5, 0.6) is 5.75 Å². The molecular weight excluding hydrogens is 296 g/mol. The first-order chi connectivity index (χ1) is 8.72. The van der Waals surface area contributed by atoms with Crippen molar-refractivity contribution in [1.82, 2.24) is 10.2 Å². The van der Waals surface area contributed by atoms with Gasteiger partial charge in [0.2, 0.25) is 0 Å². The van der Waals surface area contributed by atoms with E-state index in [-0.39, 0.29) is 5.91 Å². The monoisotopic (exact) mass is 312 g/mol. The molecule has 1 fully saturated rings. The SMILES string of the molecule is COc1ccc(C(=O)N2CCCNCC2)cc1Br. The third-order valence-corrected chi connectivity index (χ3v) is 3.65. The molecule has 98 valence electrons. The highest BCUT2D eigenvalue weighted by molar-refractivity contribution is 9.10. The first-order valence-electron chi connectivity index (χ1n) is 6.06. The average Bonchev–Trinajstić information content (AvgIpc) is 2.66. The Kier molecular flexibility index (Phi) is 4.60. The maximum Gasteiger partial charge on any atom is 0.253 e. The Balaban J connectivity index is 2.14. The summed E-state index contributed by atoms with van der Waals surface area (Å²) in [6.45, 7) is 3.43. The number of nitrogens with one attached hydrogen (secondary N) is 1. The molecule has 1 aliphatic heterocycles. The summed E-state index contributed by atoms with van der Waals surface area (Å²) in [5.41, 5.74) is 0.699. The number of methoxy groups -OCH3 is 1. The Morgan fingerprint density at radius 1 is 1.39 bits per heavy atom. The molecule has 0 aromatic heterocycles. The van der Waals surface area contributed by atoms with Gasteiger partial charge in [-0.25, -0.2) is 0 Å². The van der Waals surface area contributed by atoms with E-state index in [1.54, 1.807) is 7.11 Å². The molecule has 0 unspecified atom stereocenters. The molecule has 1 heterocycles. The van der Waals surface area contributed by atoms with Crippen molar-refractivity contribution in [2.75, 3.05) is 33.3 Å². The summed E-state index contributed by atoms with van der Waals surface area (Å²) >= 11 is 3.41. The van der Waals surface area contributed by atoms with Gasteiger partial charge in [0.25, 0.3) is 5.91 Å². The van der Waals surface area contributed by atoms with Crippen LogP contribution in [0.1, 0.15) is 16.8 Å². The fraction of sp³-hybridized carbons (Fsp3) is 0.462. The molecule has 0 spiro atoms. The van der Waals surface area contributed by atoms with Crippen molar-refractivity contribution in [3.8, 4) is 5.75 Å². The summed E-state index contributed by atoms with van der Waals surface area (Å²) in [6, 6.07) is 5.44. The van der Waals surface area contributed by atoms with E-state index < -0.39 is 0 Å². The molecule has 0 aliphatic carbocycles. The van der Waals surface area contributed by atoms with Crippen LogP contribution >= 0.6 is 15.9 Å². The van der Waals surface area contributed by atoms with E-state index >= 15 is 0 Å². The standard InChI is InChI=1S/C13H17BrN2O2/c1-18-12-4-3-10(9-11(12)14)13(17)16-7-2-5-15-6-8-16/h3-4,9,15H,2,5-8H2,1H3. The molecule has 18 heavy (non-hydrogen) atoms. The van der Waals surface area contributed by atoms with E-state index in [1.807, 2.05) is 23.1 Å². The number of benzene rings is 1. The van der Waals surface area contributed by atoms with Crippen molar-refractivity contribution in [1.29, 1.82) is 0 Å². The minimum atomic E-state index is 0.0852. The number of hydrogen-bond donors (Lipinski definition) is 1. The van der Waals surface area contributed by atoms with Gasteiger partial charge in [0, 0.05) is 25.2 Å². The number of carbonyl (C=O) groups excluding carboxylic acids is 1. The van der Waals surface area contributed by atoms with Gasteiger partial charge in [-0.05, 0) is 47.1 Å². The van der Waals surface area contributed by atoms with Crippen molar-refractivity contribution in [3.63, 3.8) is 0 Å². The van der Waals surface area contributed by atoms with Crippen LogP contribution in [0.4, 0.5) is 0 Å². The highest BCUT2D eigenvalue weighted by atomic mass is 79.9. The Bertz CT molecular complexity index is 429. The molecule has 1 saturated heterocycles. The zero-order chi connectivity index (χ0) is 13.0. The molecule has 0 bridgehead atoms. The number of hydrogen-bond acceptors (Lipinski definition) is 3. The van der Waals surface area contributed by atoms with Crippen LogP contribution in [0, 0.1) is 0 Å². The number of amides is 1. The van der Waals surface area contributed by atoms with Gasteiger partial charge < -0.3 is 15.0 Å². The average molecular weight is 313 g/mol. The number of halogens is 1. The van der Waals surface area contributed by atoms with Crippen molar-refractivity contribution in [2.45, 2.75) is 6.42 Å². The van der Waals surface area contributed by atoms with E-state index in [0.717, 1.165) is 42.8 Å². The third kappa shape index (κ3) is 3.03. The Hall–Kier alpha value is -1.07. The van der Waals surface area contributed by atoms with Crippen molar-refractivity contribution >= 4 is 21.8 Å². The maximum absolute atomic E-state index is 12.3. The van der Waals surface area contributed by atoms with Crippen LogP contribution < -0.4 is 10.1 Å². The Labute approximate surface area is 115 Å².